The number of fused-ring (bicyclic) bond motifs is 1. The summed E-state index contributed by atoms with van der Waals surface area (Å²) in [7, 11) is 1.53. The van der Waals surface area contributed by atoms with E-state index < -0.39 is 5.25 Å². The van der Waals surface area contributed by atoms with Crippen LogP contribution in [0.2, 0.25) is 5.02 Å². The fraction of sp³-hybridized carbons (Fsp3) is 0.148. The monoisotopic (exact) mass is 535 g/mol. The van der Waals surface area contributed by atoms with Crippen molar-refractivity contribution in [1.29, 1.82) is 0 Å². The third kappa shape index (κ3) is 4.48. The van der Waals surface area contributed by atoms with Crippen molar-refractivity contribution < 1.29 is 14.3 Å². The number of benzene rings is 2. The van der Waals surface area contributed by atoms with Gasteiger partial charge in [-0.2, -0.15) is 0 Å². The molecule has 2 aromatic carbocycles. The van der Waals surface area contributed by atoms with E-state index in [1.807, 2.05) is 55.6 Å². The maximum absolute atomic E-state index is 13.6. The number of ketones is 1. The smallest absolute Gasteiger partial charge is 0.283 e. The van der Waals surface area contributed by atoms with Gasteiger partial charge >= 0.3 is 0 Å². The fourth-order valence-corrected chi connectivity index (χ4v) is 6.00. The molecule has 0 bridgehead atoms. The number of hydrogen-bond donors (Lipinski definition) is 1. The summed E-state index contributed by atoms with van der Waals surface area (Å²) in [6.45, 7) is 3.73. The number of rotatable bonds is 6. The van der Waals surface area contributed by atoms with Crippen molar-refractivity contribution in [3.05, 3.63) is 86.8 Å². The van der Waals surface area contributed by atoms with E-state index in [-0.39, 0.29) is 11.7 Å². The number of para-hydroxylation sites is 1. The maximum atomic E-state index is 13.6. The first kappa shape index (κ1) is 24.4. The molecule has 9 heteroatoms. The summed E-state index contributed by atoms with van der Waals surface area (Å²) >= 11 is 9.14. The predicted molar refractivity (Wildman–Crippen MR) is 150 cm³/mol. The van der Waals surface area contributed by atoms with Crippen LogP contribution in [0, 0.1) is 6.92 Å². The molecular formula is C27H22ClN3O3S2. The van der Waals surface area contributed by atoms with Crippen molar-refractivity contribution >= 4 is 74.2 Å². The minimum atomic E-state index is -0.494. The number of aromatic nitrogens is 1. The van der Waals surface area contributed by atoms with E-state index in [2.05, 4.69) is 9.98 Å². The second kappa shape index (κ2) is 9.97. The van der Waals surface area contributed by atoms with E-state index in [0.29, 0.717) is 32.9 Å². The fourth-order valence-electron chi connectivity index (χ4n) is 4.11. The summed E-state index contributed by atoms with van der Waals surface area (Å²) < 4.78 is 5.26. The number of carbonyl (C=O) groups excluding carboxylic acids is 2. The normalized spacial score (nSPS) is 15.6. The Morgan fingerprint density at radius 1 is 1.22 bits per heavy atom. The molecule has 182 valence electrons. The number of amides is 1. The largest absolute Gasteiger partial charge is 0.495 e. The number of H-pyrrole nitrogens is 1. The highest BCUT2D eigenvalue weighted by molar-refractivity contribution is 8.15. The van der Waals surface area contributed by atoms with Crippen molar-refractivity contribution in [3.8, 4) is 5.75 Å². The van der Waals surface area contributed by atoms with Gasteiger partial charge in [-0.05, 0) is 55.6 Å². The molecule has 1 atom stereocenters. The Morgan fingerprint density at radius 2 is 2.03 bits per heavy atom. The summed E-state index contributed by atoms with van der Waals surface area (Å²) in [6.07, 6.45) is 1.76. The van der Waals surface area contributed by atoms with Gasteiger partial charge in [-0.15, -0.1) is 11.3 Å². The number of aromatic amines is 1. The molecule has 1 unspecified atom stereocenters. The van der Waals surface area contributed by atoms with Crippen molar-refractivity contribution in [3.63, 3.8) is 0 Å². The molecule has 2 aromatic heterocycles. The van der Waals surface area contributed by atoms with Crippen LogP contribution < -0.4 is 9.64 Å². The minimum absolute atomic E-state index is 0.0338. The van der Waals surface area contributed by atoms with Gasteiger partial charge in [0.25, 0.3) is 5.91 Å². The molecular weight excluding hydrogens is 514 g/mol. The number of carbonyl (C=O) groups is 2. The van der Waals surface area contributed by atoms with Gasteiger partial charge in [0.1, 0.15) is 11.4 Å². The zero-order valence-electron chi connectivity index (χ0n) is 19.7. The predicted octanol–water partition coefficient (Wildman–Crippen LogP) is 6.95. The maximum Gasteiger partial charge on any atom is 0.283 e. The molecule has 0 radical (unpaired) electrons. The first-order valence-electron chi connectivity index (χ1n) is 11.2. The number of amidine groups is 1. The summed E-state index contributed by atoms with van der Waals surface area (Å²) in [5.74, 6) is 0.189. The van der Waals surface area contributed by atoms with E-state index >= 15 is 0 Å². The highest BCUT2D eigenvalue weighted by Crippen LogP contribution is 2.36. The number of hydrogen-bond acceptors (Lipinski definition) is 6. The van der Waals surface area contributed by atoms with Crippen LogP contribution in [0.5, 0.6) is 5.75 Å². The van der Waals surface area contributed by atoms with Gasteiger partial charge in [-0.1, -0.05) is 47.6 Å². The van der Waals surface area contributed by atoms with Crippen LogP contribution in [0.3, 0.4) is 0 Å². The topological polar surface area (TPSA) is 74.8 Å². The van der Waals surface area contributed by atoms with Crippen molar-refractivity contribution in [2.24, 2.45) is 4.99 Å². The number of nitrogens with one attached hydrogen (secondary N) is 1. The molecule has 1 aliphatic heterocycles. The van der Waals surface area contributed by atoms with Gasteiger partial charge in [0.15, 0.2) is 11.0 Å². The number of nitrogens with zero attached hydrogens (tertiary/aromatic N) is 2. The number of methoxy groups -OCH3 is 1. The molecule has 1 aliphatic rings. The SMILES string of the molecule is COc1ccc(N2C(=O)/C(=C\c3cccs3)N=C2SC(C)C(=O)c2c(C)[nH]c3ccccc23)cc1Cl. The zero-order valence-corrected chi connectivity index (χ0v) is 22.1. The Balaban J connectivity index is 1.51. The standard InChI is InChI=1S/C27H22ClN3O3S2/c1-15-24(19-8-4-5-9-21(19)29-15)25(32)16(2)36-27-30-22(14-18-7-6-12-35-18)26(33)31(27)17-10-11-23(34-3)20(28)13-17/h4-14,16,29H,1-3H3/b22-14+. The van der Waals surface area contributed by atoms with Crippen molar-refractivity contribution in [1.82, 2.24) is 4.98 Å². The molecule has 0 saturated heterocycles. The molecule has 1 amide bonds. The third-order valence-electron chi connectivity index (χ3n) is 5.84. The van der Waals surface area contributed by atoms with E-state index in [9.17, 15) is 9.59 Å². The summed E-state index contributed by atoms with van der Waals surface area (Å²) in [6, 6.07) is 16.7. The van der Waals surface area contributed by atoms with Gasteiger partial charge in [0.05, 0.1) is 23.1 Å². The second-order valence-corrected chi connectivity index (χ2v) is 10.9. The number of aryl methyl sites for hydroxylation is 1. The molecule has 0 fully saturated rings. The lowest BCUT2D eigenvalue weighted by Gasteiger charge is -2.20. The molecule has 36 heavy (non-hydrogen) atoms. The quantitative estimate of drug-likeness (QED) is 0.214. The van der Waals surface area contributed by atoms with E-state index in [1.54, 1.807) is 24.3 Å². The second-order valence-electron chi connectivity index (χ2n) is 8.19. The number of Topliss-reactive ketones (excluding diaryl/α,β-unsaturated/α-hetero) is 1. The van der Waals surface area contributed by atoms with Crippen molar-refractivity contribution in [2.75, 3.05) is 12.0 Å². The lowest BCUT2D eigenvalue weighted by atomic mass is 10.1. The molecule has 0 saturated carbocycles. The molecule has 1 N–H and O–H groups in total. The van der Waals surface area contributed by atoms with Gasteiger partial charge < -0.3 is 9.72 Å². The van der Waals surface area contributed by atoms with Crippen LogP contribution in [0.4, 0.5) is 5.69 Å². The molecule has 0 spiro atoms. The van der Waals surface area contributed by atoms with E-state index in [1.165, 1.54) is 35.1 Å². The Morgan fingerprint density at radius 3 is 2.75 bits per heavy atom. The van der Waals surface area contributed by atoms with Crippen LogP contribution in [0.25, 0.3) is 17.0 Å². The van der Waals surface area contributed by atoms with Crippen LogP contribution in [-0.2, 0) is 4.79 Å². The highest BCUT2D eigenvalue weighted by Gasteiger charge is 2.35. The average Bonchev–Trinajstić information content (AvgIpc) is 3.56. The zero-order chi connectivity index (χ0) is 25.4. The Hall–Kier alpha value is -3.33. The first-order valence-corrected chi connectivity index (χ1v) is 13.3. The summed E-state index contributed by atoms with van der Waals surface area (Å²) in [5, 5.41) is 3.13. The third-order valence-corrected chi connectivity index (χ3v) is 8.00. The van der Waals surface area contributed by atoms with Crippen LogP contribution in [-0.4, -0.2) is 34.2 Å². The van der Waals surface area contributed by atoms with Crippen LogP contribution in [0.1, 0.15) is 27.9 Å². The van der Waals surface area contributed by atoms with Gasteiger partial charge in [-0.25, -0.2) is 4.99 Å². The average molecular weight is 536 g/mol. The molecule has 0 aliphatic carbocycles. The van der Waals surface area contributed by atoms with Crippen molar-refractivity contribution in [2.45, 2.75) is 19.1 Å². The van der Waals surface area contributed by atoms with Gasteiger partial charge in [0.2, 0.25) is 0 Å². The molecule has 4 aromatic rings. The first-order chi connectivity index (χ1) is 17.4. The minimum Gasteiger partial charge on any atom is -0.495 e. The number of anilines is 1. The van der Waals surface area contributed by atoms with Gasteiger partial charge in [-0.3, -0.25) is 14.5 Å². The van der Waals surface area contributed by atoms with Crippen LogP contribution in [0.15, 0.2) is 70.7 Å². The van der Waals surface area contributed by atoms with E-state index in [0.717, 1.165) is 21.5 Å². The molecule has 3 heterocycles. The van der Waals surface area contributed by atoms with E-state index in [4.69, 9.17) is 16.3 Å². The number of thiophene rings is 1. The van der Waals surface area contributed by atoms with Gasteiger partial charge in [0, 0.05) is 27.0 Å². The number of ether oxygens (including phenoxy) is 1. The highest BCUT2D eigenvalue weighted by atomic mass is 35.5. The lowest BCUT2D eigenvalue weighted by Crippen LogP contribution is -2.32. The number of aliphatic imine (C=N–C) groups is 1. The molecule has 6 nitrogen and oxygen atoms in total. The Kier molecular flexibility index (Phi) is 6.75. The number of halogens is 1. The Bertz CT molecular complexity index is 1540. The number of thioether (sulfide) groups is 1. The van der Waals surface area contributed by atoms with Crippen LogP contribution >= 0.6 is 34.7 Å². The summed E-state index contributed by atoms with van der Waals surface area (Å²) in [4.78, 5) is 37.4. The Labute approximate surface area is 221 Å². The lowest BCUT2D eigenvalue weighted by molar-refractivity contribution is -0.113. The molecule has 5 rings (SSSR count). The summed E-state index contributed by atoms with van der Waals surface area (Å²) in [5.41, 5.74) is 3.24.